The Morgan fingerprint density at radius 2 is 1.65 bits per heavy atom. The summed E-state index contributed by atoms with van der Waals surface area (Å²) in [6, 6.07) is 7.24. The Kier molecular flexibility index (Phi) is 5.28. The molecule has 2 rings (SSSR count). The Bertz CT molecular complexity index is 654. The second-order valence-corrected chi connectivity index (χ2v) is 5.45. The highest BCUT2D eigenvalue weighted by Gasteiger charge is 2.33. The van der Waals surface area contributed by atoms with Crippen molar-refractivity contribution in [2.24, 2.45) is 0 Å². The molecule has 1 aliphatic rings. The number of rotatable bonds is 2. The van der Waals surface area contributed by atoms with Crippen LogP contribution in [0.4, 0.5) is 18.9 Å². The molecule has 1 heterocycles. The topological polar surface area (TPSA) is 50.8 Å². The molecule has 1 fully saturated rings. The highest BCUT2D eigenvalue weighted by molar-refractivity contribution is 5.67. The second-order valence-electron chi connectivity index (χ2n) is 5.45. The molecule has 0 aliphatic carbocycles. The van der Waals surface area contributed by atoms with Gasteiger partial charge in [-0.15, -0.1) is 0 Å². The third-order valence-electron chi connectivity index (χ3n) is 3.85. The molecule has 0 saturated carbocycles. The summed E-state index contributed by atoms with van der Waals surface area (Å²) in [5.41, 5.74) is -0.790. The lowest BCUT2D eigenvalue weighted by molar-refractivity contribution is -0.137. The number of allylic oxidation sites excluding steroid dienone is 1. The van der Waals surface area contributed by atoms with E-state index in [-0.39, 0.29) is 11.1 Å². The van der Waals surface area contributed by atoms with E-state index in [1.54, 1.807) is 18.2 Å². The molecule has 0 unspecified atom stereocenters. The van der Waals surface area contributed by atoms with Gasteiger partial charge in [0.2, 0.25) is 0 Å². The molecule has 1 aromatic carbocycles. The number of alkyl halides is 3. The first-order valence-corrected chi connectivity index (χ1v) is 7.44. The van der Waals surface area contributed by atoms with Crippen LogP contribution >= 0.6 is 0 Å². The molecule has 0 amide bonds. The lowest BCUT2D eigenvalue weighted by atomic mass is 10.0. The summed E-state index contributed by atoms with van der Waals surface area (Å²) in [5.74, 6) is 0. The fraction of sp³-hybridized carbons (Fsp3) is 0.412. The molecule has 0 bridgehead atoms. The smallest absolute Gasteiger partial charge is 0.372 e. The van der Waals surface area contributed by atoms with Gasteiger partial charge in [0, 0.05) is 18.8 Å². The van der Waals surface area contributed by atoms with Gasteiger partial charge in [-0.2, -0.15) is 23.7 Å². The lowest BCUT2D eigenvalue weighted by Gasteiger charge is -2.24. The van der Waals surface area contributed by atoms with Crippen LogP contribution in [0.15, 0.2) is 23.8 Å². The largest absolute Gasteiger partial charge is 0.417 e. The SMILES string of the molecule is N#CC(C#N)=Cc1ccc(N2CCCCCC2)cc1C(F)(F)F. The first-order valence-electron chi connectivity index (χ1n) is 7.44. The highest BCUT2D eigenvalue weighted by Crippen LogP contribution is 2.36. The van der Waals surface area contributed by atoms with Crippen LogP contribution < -0.4 is 4.90 Å². The van der Waals surface area contributed by atoms with Crippen LogP contribution in [-0.2, 0) is 6.18 Å². The van der Waals surface area contributed by atoms with Crippen molar-refractivity contribution < 1.29 is 13.2 Å². The zero-order valence-corrected chi connectivity index (χ0v) is 12.5. The average Bonchev–Trinajstić information content (AvgIpc) is 2.81. The van der Waals surface area contributed by atoms with Crippen LogP contribution in [0.1, 0.15) is 36.8 Å². The van der Waals surface area contributed by atoms with Crippen LogP contribution in [0.5, 0.6) is 0 Å². The maximum atomic E-state index is 13.3. The van der Waals surface area contributed by atoms with Crippen molar-refractivity contribution in [1.82, 2.24) is 0 Å². The Hall–Kier alpha value is -2.47. The van der Waals surface area contributed by atoms with Gasteiger partial charge in [-0.05, 0) is 36.6 Å². The number of hydrogen-bond donors (Lipinski definition) is 0. The summed E-state index contributed by atoms with van der Waals surface area (Å²) >= 11 is 0. The van der Waals surface area contributed by atoms with E-state index in [1.165, 1.54) is 6.07 Å². The van der Waals surface area contributed by atoms with E-state index in [0.29, 0.717) is 5.69 Å². The Labute approximate surface area is 133 Å². The predicted octanol–water partition coefficient (Wildman–Crippen LogP) is 4.52. The van der Waals surface area contributed by atoms with Crippen molar-refractivity contribution in [2.75, 3.05) is 18.0 Å². The van der Waals surface area contributed by atoms with E-state index >= 15 is 0 Å². The maximum absolute atomic E-state index is 13.3. The number of benzene rings is 1. The molecule has 1 aliphatic heterocycles. The van der Waals surface area contributed by atoms with Crippen molar-refractivity contribution in [2.45, 2.75) is 31.9 Å². The molecular weight excluding hydrogens is 303 g/mol. The Morgan fingerprint density at radius 1 is 1.04 bits per heavy atom. The van der Waals surface area contributed by atoms with E-state index in [9.17, 15) is 13.2 Å². The van der Waals surface area contributed by atoms with Gasteiger partial charge in [0.25, 0.3) is 0 Å². The monoisotopic (exact) mass is 319 g/mol. The predicted molar refractivity (Wildman–Crippen MR) is 81.3 cm³/mol. The molecule has 3 nitrogen and oxygen atoms in total. The molecule has 1 aromatic rings. The van der Waals surface area contributed by atoms with E-state index in [1.807, 2.05) is 4.90 Å². The third-order valence-corrected chi connectivity index (χ3v) is 3.85. The lowest BCUT2D eigenvalue weighted by Crippen LogP contribution is -2.24. The van der Waals surface area contributed by atoms with Crippen molar-refractivity contribution in [3.63, 3.8) is 0 Å². The Morgan fingerprint density at radius 3 is 2.17 bits per heavy atom. The summed E-state index contributed by atoms with van der Waals surface area (Å²) in [5, 5.41) is 17.5. The normalized spacial score (nSPS) is 15.3. The van der Waals surface area contributed by atoms with E-state index < -0.39 is 11.7 Å². The number of nitrogens with zero attached hydrogens (tertiary/aromatic N) is 3. The summed E-state index contributed by atoms with van der Waals surface area (Å²) < 4.78 is 40.0. The van der Waals surface area contributed by atoms with Crippen LogP contribution in [0.3, 0.4) is 0 Å². The summed E-state index contributed by atoms with van der Waals surface area (Å²) in [4.78, 5) is 1.96. The minimum Gasteiger partial charge on any atom is -0.372 e. The minimum absolute atomic E-state index is 0.158. The van der Waals surface area contributed by atoms with Gasteiger partial charge in [0.15, 0.2) is 0 Å². The van der Waals surface area contributed by atoms with Gasteiger partial charge in [0.05, 0.1) is 5.56 Å². The molecule has 0 N–H and O–H groups in total. The van der Waals surface area contributed by atoms with Crippen LogP contribution in [0.25, 0.3) is 6.08 Å². The van der Waals surface area contributed by atoms with Gasteiger partial charge in [-0.3, -0.25) is 0 Å². The fourth-order valence-electron chi connectivity index (χ4n) is 2.69. The second kappa shape index (κ2) is 7.19. The van der Waals surface area contributed by atoms with Crippen LogP contribution in [0.2, 0.25) is 0 Å². The standard InChI is InChI=1S/C17H16F3N3/c18-17(19,20)16-10-15(23-7-3-1-2-4-8-23)6-5-14(16)9-13(11-21)12-22/h5-6,9-10H,1-4,7-8H2. The summed E-state index contributed by atoms with van der Waals surface area (Å²) in [6.45, 7) is 1.49. The molecular formula is C17H16F3N3. The van der Waals surface area contributed by atoms with Gasteiger partial charge in [0.1, 0.15) is 17.7 Å². The minimum atomic E-state index is -4.54. The van der Waals surface area contributed by atoms with Crippen molar-refractivity contribution in [1.29, 1.82) is 10.5 Å². The van der Waals surface area contributed by atoms with Gasteiger partial charge in [-0.1, -0.05) is 18.9 Å². The van der Waals surface area contributed by atoms with Gasteiger partial charge >= 0.3 is 6.18 Å². The van der Waals surface area contributed by atoms with E-state index in [4.69, 9.17) is 10.5 Å². The molecule has 0 radical (unpaired) electrons. The molecule has 23 heavy (non-hydrogen) atoms. The molecule has 6 heteroatoms. The van der Waals surface area contributed by atoms with Crippen LogP contribution in [-0.4, -0.2) is 13.1 Å². The first-order chi connectivity index (χ1) is 11.0. The third kappa shape index (κ3) is 4.26. The summed E-state index contributed by atoms with van der Waals surface area (Å²) in [6.07, 6.45) is 0.569. The number of nitriles is 2. The fourth-order valence-corrected chi connectivity index (χ4v) is 2.69. The highest BCUT2D eigenvalue weighted by atomic mass is 19.4. The number of halogens is 3. The van der Waals surface area contributed by atoms with E-state index in [2.05, 4.69) is 0 Å². The van der Waals surface area contributed by atoms with Crippen molar-refractivity contribution in [3.05, 3.63) is 34.9 Å². The zero-order valence-electron chi connectivity index (χ0n) is 12.5. The average molecular weight is 319 g/mol. The molecule has 1 saturated heterocycles. The van der Waals surface area contributed by atoms with Crippen molar-refractivity contribution >= 4 is 11.8 Å². The quantitative estimate of drug-likeness (QED) is 0.753. The molecule has 0 atom stereocenters. The van der Waals surface area contributed by atoms with E-state index in [0.717, 1.165) is 50.9 Å². The van der Waals surface area contributed by atoms with Crippen LogP contribution in [0, 0.1) is 22.7 Å². The zero-order chi connectivity index (χ0) is 16.9. The first kappa shape index (κ1) is 16.9. The van der Waals surface area contributed by atoms with Crippen molar-refractivity contribution in [3.8, 4) is 12.1 Å². The maximum Gasteiger partial charge on any atom is 0.417 e. The van der Waals surface area contributed by atoms with Gasteiger partial charge in [-0.25, -0.2) is 0 Å². The molecule has 120 valence electrons. The van der Waals surface area contributed by atoms with Gasteiger partial charge < -0.3 is 4.90 Å². The molecule has 0 spiro atoms. The number of anilines is 1. The molecule has 0 aromatic heterocycles. The Balaban J connectivity index is 2.45. The number of hydrogen-bond acceptors (Lipinski definition) is 3. The summed E-state index contributed by atoms with van der Waals surface area (Å²) in [7, 11) is 0.